The van der Waals surface area contributed by atoms with Crippen molar-refractivity contribution in [3.8, 4) is 17.1 Å². The lowest BCUT2D eigenvalue weighted by atomic mass is 9.78. The summed E-state index contributed by atoms with van der Waals surface area (Å²) in [6.07, 6.45) is 1.24. The van der Waals surface area contributed by atoms with Crippen LogP contribution < -0.4 is 20.1 Å². The zero-order chi connectivity index (χ0) is 30.9. The number of thioether (sulfide) groups is 1. The molecule has 2 saturated heterocycles. The number of nitrogens with one attached hydrogen (secondary N) is 3. The van der Waals surface area contributed by atoms with Gasteiger partial charge in [-0.25, -0.2) is 18.1 Å². The van der Waals surface area contributed by atoms with Crippen LogP contribution in [0.25, 0.3) is 11.3 Å². The molecule has 1 spiro atoms. The van der Waals surface area contributed by atoms with Gasteiger partial charge in [-0.2, -0.15) is 16.7 Å². The van der Waals surface area contributed by atoms with Gasteiger partial charge in [-0.3, -0.25) is 9.59 Å². The molecule has 0 saturated carbocycles. The van der Waals surface area contributed by atoms with Crippen LogP contribution >= 0.6 is 11.8 Å². The average molecular weight is 637 g/mol. The Labute approximate surface area is 261 Å². The van der Waals surface area contributed by atoms with Gasteiger partial charge in [0.05, 0.1) is 23.2 Å². The molecule has 2 fully saturated rings. The van der Waals surface area contributed by atoms with Gasteiger partial charge < -0.3 is 20.3 Å². The SMILES string of the molecule is Cc1cccc(C)c1-c1cc2nc(n1)NS(=O)(=O)c1cccc(c1)C(=O)NCC1(CCN(C(=O)C3CSCCN3)CC1)CO2. The predicted molar refractivity (Wildman–Crippen MR) is 169 cm³/mol. The highest BCUT2D eigenvalue weighted by Crippen LogP contribution is 2.34. The van der Waals surface area contributed by atoms with E-state index in [1.165, 1.54) is 18.2 Å². The van der Waals surface area contributed by atoms with Crippen molar-refractivity contribution < 1.29 is 22.7 Å². The summed E-state index contributed by atoms with van der Waals surface area (Å²) in [5, 5.41) is 6.35. The second kappa shape index (κ2) is 12.4. The molecule has 3 aliphatic rings. The molecule has 11 nitrogen and oxygen atoms in total. The lowest BCUT2D eigenvalue weighted by Crippen LogP contribution is -2.55. The molecule has 6 rings (SSSR count). The third-order valence-corrected chi connectivity index (χ3v) is 11.0. The summed E-state index contributed by atoms with van der Waals surface area (Å²) >= 11 is 1.79. The topological polar surface area (TPSA) is 143 Å². The van der Waals surface area contributed by atoms with E-state index in [-0.39, 0.29) is 46.8 Å². The van der Waals surface area contributed by atoms with Gasteiger partial charge in [-0.1, -0.05) is 24.3 Å². The number of aromatic nitrogens is 2. The normalized spacial score (nSPS) is 21.4. The first-order chi connectivity index (χ1) is 21.1. The van der Waals surface area contributed by atoms with Gasteiger partial charge in [0.2, 0.25) is 17.7 Å². The Hall–Kier alpha value is -3.68. The summed E-state index contributed by atoms with van der Waals surface area (Å²) < 4.78 is 35.6. The predicted octanol–water partition coefficient (Wildman–Crippen LogP) is 3.00. The third-order valence-electron chi connectivity index (χ3n) is 8.58. The lowest BCUT2D eigenvalue weighted by molar-refractivity contribution is -0.135. The molecule has 2 aromatic carbocycles. The van der Waals surface area contributed by atoms with Crippen LogP contribution in [0.4, 0.5) is 5.95 Å². The number of anilines is 1. The number of fused-ring (bicyclic) bond motifs is 4. The van der Waals surface area contributed by atoms with Crippen molar-refractivity contribution in [2.45, 2.75) is 37.6 Å². The van der Waals surface area contributed by atoms with Crippen LogP contribution in [0.1, 0.15) is 34.3 Å². The van der Waals surface area contributed by atoms with Crippen molar-refractivity contribution in [3.63, 3.8) is 0 Å². The molecule has 13 heteroatoms. The summed E-state index contributed by atoms with van der Waals surface area (Å²) in [6, 6.07) is 13.3. The van der Waals surface area contributed by atoms with Gasteiger partial charge in [0.1, 0.15) is 0 Å². The number of rotatable bonds is 2. The van der Waals surface area contributed by atoms with Gasteiger partial charge in [0, 0.05) is 60.3 Å². The Bertz CT molecular complexity index is 1660. The summed E-state index contributed by atoms with van der Waals surface area (Å²) in [7, 11) is -4.12. The number of ether oxygens (including phenoxy) is 1. The Kier molecular flexibility index (Phi) is 8.53. The number of nitrogens with zero attached hydrogens (tertiary/aromatic N) is 3. The molecule has 0 aliphatic carbocycles. The molecule has 1 unspecified atom stereocenters. The number of hydrogen-bond donors (Lipinski definition) is 3. The maximum Gasteiger partial charge on any atom is 0.264 e. The molecule has 3 N–H and O–H groups in total. The number of sulfonamides is 1. The van der Waals surface area contributed by atoms with E-state index < -0.39 is 15.4 Å². The van der Waals surface area contributed by atoms with Gasteiger partial charge in [0.25, 0.3) is 15.9 Å². The van der Waals surface area contributed by atoms with Crippen molar-refractivity contribution >= 4 is 39.5 Å². The quantitative estimate of drug-likeness (QED) is 0.387. The van der Waals surface area contributed by atoms with Gasteiger partial charge in [0.15, 0.2) is 0 Å². The molecule has 2 amide bonds. The highest BCUT2D eigenvalue weighted by atomic mass is 32.2. The third kappa shape index (κ3) is 6.40. The second-order valence-electron chi connectivity index (χ2n) is 11.7. The van der Waals surface area contributed by atoms with Crippen molar-refractivity contribution in [2.24, 2.45) is 5.41 Å². The van der Waals surface area contributed by atoms with Crippen molar-refractivity contribution in [1.82, 2.24) is 25.5 Å². The summed E-state index contributed by atoms with van der Waals surface area (Å²) in [4.78, 5) is 37.3. The van der Waals surface area contributed by atoms with Crippen LogP contribution in [-0.4, -0.2) is 85.4 Å². The number of amides is 2. The summed E-state index contributed by atoms with van der Waals surface area (Å²) in [5.41, 5.74) is 3.10. The molecule has 3 aliphatic heterocycles. The summed E-state index contributed by atoms with van der Waals surface area (Å²) in [6.45, 7) is 6.35. The van der Waals surface area contributed by atoms with Crippen LogP contribution in [0.2, 0.25) is 0 Å². The minimum Gasteiger partial charge on any atom is -0.477 e. The average Bonchev–Trinajstić information content (AvgIpc) is 3.02. The van der Waals surface area contributed by atoms with E-state index in [4.69, 9.17) is 4.74 Å². The van der Waals surface area contributed by atoms with Crippen LogP contribution in [-0.2, 0) is 14.8 Å². The monoisotopic (exact) mass is 636 g/mol. The molecule has 3 aromatic rings. The van der Waals surface area contributed by atoms with Crippen LogP contribution in [0, 0.1) is 19.3 Å². The standard InChI is InChI=1S/C31H36N6O5S2/c1-20-5-3-6-21(2)27(20)24-16-26-35-30(34-24)36-44(40,41)23-8-4-7-22(15-23)28(38)33-18-31(19-42-26)9-12-37(13-10-31)29(39)25-17-43-14-11-32-25/h3-8,15-16,25,32H,9-14,17-19H2,1-2H3,(H,33,38)(H,34,35,36). The van der Waals surface area contributed by atoms with Crippen molar-refractivity contribution in [3.05, 3.63) is 65.2 Å². The van der Waals surface area contributed by atoms with Crippen LogP contribution in [0.5, 0.6) is 5.88 Å². The molecular weight excluding hydrogens is 601 g/mol. The summed E-state index contributed by atoms with van der Waals surface area (Å²) in [5.74, 6) is 1.59. The van der Waals surface area contributed by atoms with E-state index in [1.807, 2.05) is 36.9 Å². The van der Waals surface area contributed by atoms with E-state index in [0.29, 0.717) is 38.2 Å². The smallest absolute Gasteiger partial charge is 0.264 e. The van der Waals surface area contributed by atoms with E-state index in [9.17, 15) is 18.0 Å². The molecule has 44 heavy (non-hydrogen) atoms. The fraction of sp³-hybridized carbons (Fsp3) is 0.419. The maximum absolute atomic E-state index is 13.4. The van der Waals surface area contributed by atoms with Crippen molar-refractivity contribution in [1.29, 1.82) is 0 Å². The zero-order valence-electron chi connectivity index (χ0n) is 24.8. The van der Waals surface area contributed by atoms with Crippen LogP contribution in [0.15, 0.2) is 53.4 Å². The zero-order valence-corrected chi connectivity index (χ0v) is 26.4. The minimum absolute atomic E-state index is 0.0817. The molecular formula is C31H36N6O5S2. The Morgan fingerprint density at radius 2 is 1.82 bits per heavy atom. The fourth-order valence-corrected chi connectivity index (χ4v) is 7.90. The Morgan fingerprint density at radius 1 is 1.07 bits per heavy atom. The number of piperidine rings is 1. The van der Waals surface area contributed by atoms with Gasteiger partial charge in [-0.15, -0.1) is 0 Å². The number of hydrogen-bond acceptors (Lipinski definition) is 9. The Morgan fingerprint density at radius 3 is 2.55 bits per heavy atom. The van der Waals surface area contributed by atoms with E-state index >= 15 is 0 Å². The van der Waals surface area contributed by atoms with Crippen LogP contribution in [0.3, 0.4) is 0 Å². The minimum atomic E-state index is -4.12. The number of likely N-dealkylation sites (tertiary alicyclic amines) is 1. The first-order valence-corrected chi connectivity index (χ1v) is 17.4. The molecule has 0 radical (unpaired) electrons. The maximum atomic E-state index is 13.4. The fourth-order valence-electron chi connectivity index (χ4n) is 5.99. The molecule has 232 valence electrons. The highest BCUT2D eigenvalue weighted by molar-refractivity contribution is 7.99. The molecule has 1 atom stereocenters. The largest absolute Gasteiger partial charge is 0.477 e. The highest BCUT2D eigenvalue weighted by Gasteiger charge is 2.39. The van der Waals surface area contributed by atoms with Gasteiger partial charge >= 0.3 is 0 Å². The number of carbonyl (C=O) groups is 2. The van der Waals surface area contributed by atoms with Gasteiger partial charge in [-0.05, 0) is 56.0 Å². The van der Waals surface area contributed by atoms with Crippen molar-refractivity contribution in [2.75, 3.05) is 49.0 Å². The number of carbonyl (C=O) groups excluding carboxylic acids is 2. The molecule has 1 aromatic heterocycles. The van der Waals surface area contributed by atoms with E-state index in [2.05, 4.69) is 25.3 Å². The molecule has 4 heterocycles. The lowest BCUT2D eigenvalue weighted by Gasteiger charge is -2.42. The second-order valence-corrected chi connectivity index (χ2v) is 14.5. The first-order valence-electron chi connectivity index (χ1n) is 14.7. The molecule has 4 bridgehead atoms. The van der Waals surface area contributed by atoms with E-state index in [0.717, 1.165) is 34.7 Å². The van der Waals surface area contributed by atoms with E-state index in [1.54, 1.807) is 23.9 Å². The number of benzene rings is 2. The first kappa shape index (κ1) is 30.4. The number of aryl methyl sites for hydroxylation is 2. The Balaban J connectivity index is 1.35.